The van der Waals surface area contributed by atoms with Gasteiger partial charge in [-0.25, -0.2) is 4.79 Å². The molecule has 3 N–H and O–H groups in total. The summed E-state index contributed by atoms with van der Waals surface area (Å²) < 4.78 is 11.4. The van der Waals surface area contributed by atoms with Gasteiger partial charge in [0.2, 0.25) is 0 Å². The van der Waals surface area contributed by atoms with Crippen LogP contribution in [-0.2, 0) is 25.6 Å². The van der Waals surface area contributed by atoms with Crippen LogP contribution in [0.3, 0.4) is 0 Å². The van der Waals surface area contributed by atoms with Gasteiger partial charge in [-0.05, 0) is 18.4 Å². The number of aromatic nitrogens is 2. The molecule has 0 atom stereocenters. The molecule has 1 heterocycles. The van der Waals surface area contributed by atoms with Crippen molar-refractivity contribution in [3.63, 3.8) is 0 Å². The van der Waals surface area contributed by atoms with Gasteiger partial charge in [-0.1, -0.05) is 43.2 Å². The maximum Gasteiger partial charge on any atom is 0.330 e. The third kappa shape index (κ3) is 5.18. The number of aromatic amines is 1. The van der Waals surface area contributed by atoms with E-state index in [-0.39, 0.29) is 31.2 Å². The van der Waals surface area contributed by atoms with Gasteiger partial charge in [0, 0.05) is 13.7 Å². The normalized spacial score (nSPS) is 14.4. The van der Waals surface area contributed by atoms with Crippen LogP contribution >= 0.6 is 0 Å². The predicted octanol–water partition coefficient (Wildman–Crippen LogP) is 0.774. The number of hydrogen-bond acceptors (Lipinski definition) is 8. The van der Waals surface area contributed by atoms with Gasteiger partial charge in [0.1, 0.15) is 5.82 Å². The Bertz CT molecular complexity index is 1190. The zero-order valence-electron chi connectivity index (χ0n) is 18.9. The summed E-state index contributed by atoms with van der Waals surface area (Å²) in [6, 6.07) is 11.0. The summed E-state index contributed by atoms with van der Waals surface area (Å²) in [5, 5.41) is 9.45. The first kappa shape index (κ1) is 24.7. The Kier molecular flexibility index (Phi) is 7.86. The number of H-pyrrole nitrogens is 1. The highest BCUT2D eigenvalue weighted by atomic mass is 16.5. The van der Waals surface area contributed by atoms with E-state index in [0.29, 0.717) is 12.8 Å². The molecule has 1 aliphatic carbocycles. The maximum absolute atomic E-state index is 13.0. The molecule has 180 valence electrons. The number of ether oxygens (including phenoxy) is 2. The van der Waals surface area contributed by atoms with Crippen molar-refractivity contribution in [2.45, 2.75) is 32.2 Å². The topological polar surface area (TPSA) is 161 Å². The Morgan fingerprint density at radius 1 is 1.24 bits per heavy atom. The SMILES string of the molecule is COCCN(C(=O)COC(=O)C1(C#N)CCCC1)c1c(N)n(Cc2ccccc2)c(=O)[nH]c1=O. The molecule has 0 aliphatic heterocycles. The average molecular weight is 469 g/mol. The fourth-order valence-corrected chi connectivity index (χ4v) is 3.99. The zero-order valence-corrected chi connectivity index (χ0v) is 18.9. The lowest BCUT2D eigenvalue weighted by Gasteiger charge is -2.25. The van der Waals surface area contributed by atoms with Crippen LogP contribution in [-0.4, -0.2) is 48.3 Å². The lowest BCUT2D eigenvalue weighted by atomic mass is 9.88. The van der Waals surface area contributed by atoms with Gasteiger partial charge in [0.15, 0.2) is 17.7 Å². The number of carbonyl (C=O) groups excluding carboxylic acids is 2. The van der Waals surface area contributed by atoms with Crippen molar-refractivity contribution in [3.8, 4) is 6.07 Å². The van der Waals surface area contributed by atoms with Crippen LogP contribution in [0.2, 0.25) is 0 Å². The summed E-state index contributed by atoms with van der Waals surface area (Å²) >= 11 is 0. The van der Waals surface area contributed by atoms with E-state index in [4.69, 9.17) is 15.2 Å². The third-order valence-electron chi connectivity index (χ3n) is 5.88. The van der Waals surface area contributed by atoms with Gasteiger partial charge in [0.25, 0.3) is 11.5 Å². The molecule has 1 aromatic heterocycles. The van der Waals surface area contributed by atoms with E-state index in [1.807, 2.05) is 12.1 Å². The highest BCUT2D eigenvalue weighted by Crippen LogP contribution is 2.38. The number of methoxy groups -OCH3 is 1. The Hall–Kier alpha value is -3.91. The molecule has 0 radical (unpaired) electrons. The predicted molar refractivity (Wildman–Crippen MR) is 123 cm³/mol. The summed E-state index contributed by atoms with van der Waals surface area (Å²) in [4.78, 5) is 53.9. The molecule has 0 bridgehead atoms. The smallest absolute Gasteiger partial charge is 0.330 e. The van der Waals surface area contributed by atoms with E-state index >= 15 is 0 Å². The van der Waals surface area contributed by atoms with Crippen molar-refractivity contribution in [2.24, 2.45) is 5.41 Å². The van der Waals surface area contributed by atoms with Crippen molar-refractivity contribution >= 4 is 23.4 Å². The molecule has 1 fully saturated rings. The first-order valence-corrected chi connectivity index (χ1v) is 10.9. The van der Waals surface area contributed by atoms with Gasteiger partial charge in [0.05, 0.1) is 19.2 Å². The maximum atomic E-state index is 13.0. The number of benzene rings is 1. The number of anilines is 2. The second kappa shape index (κ2) is 10.8. The lowest BCUT2D eigenvalue weighted by Crippen LogP contribution is -2.44. The summed E-state index contributed by atoms with van der Waals surface area (Å²) in [6.45, 7) is -0.643. The molecule has 1 aromatic carbocycles. The first-order chi connectivity index (χ1) is 16.3. The average Bonchev–Trinajstić information content (AvgIpc) is 3.33. The minimum absolute atomic E-state index is 0.0541. The second-order valence-corrected chi connectivity index (χ2v) is 8.08. The van der Waals surface area contributed by atoms with E-state index in [1.165, 1.54) is 7.11 Å². The number of amides is 1. The van der Waals surface area contributed by atoms with Crippen molar-refractivity contribution in [1.29, 1.82) is 5.26 Å². The Morgan fingerprint density at radius 3 is 2.53 bits per heavy atom. The molecule has 0 spiro atoms. The van der Waals surface area contributed by atoms with E-state index in [2.05, 4.69) is 4.98 Å². The molecule has 0 saturated heterocycles. The number of esters is 1. The summed E-state index contributed by atoms with van der Waals surface area (Å²) in [5.74, 6) is -1.71. The van der Waals surface area contributed by atoms with E-state index in [1.54, 1.807) is 24.3 Å². The van der Waals surface area contributed by atoms with E-state index in [9.17, 15) is 24.4 Å². The van der Waals surface area contributed by atoms with Crippen LogP contribution in [0.4, 0.5) is 11.5 Å². The molecule has 34 heavy (non-hydrogen) atoms. The van der Waals surface area contributed by atoms with Crippen LogP contribution in [0.25, 0.3) is 0 Å². The Morgan fingerprint density at radius 2 is 1.91 bits per heavy atom. The molecule has 1 amide bonds. The third-order valence-corrected chi connectivity index (χ3v) is 5.88. The van der Waals surface area contributed by atoms with Crippen LogP contribution in [0, 0.1) is 16.7 Å². The number of hydrogen-bond donors (Lipinski definition) is 2. The van der Waals surface area contributed by atoms with Gasteiger partial charge in [-0.3, -0.25) is 28.8 Å². The Balaban J connectivity index is 1.89. The molecule has 11 heteroatoms. The minimum atomic E-state index is -1.25. The quantitative estimate of drug-likeness (QED) is 0.509. The monoisotopic (exact) mass is 469 g/mol. The number of rotatable bonds is 9. The van der Waals surface area contributed by atoms with Gasteiger partial charge in [-0.15, -0.1) is 0 Å². The largest absolute Gasteiger partial charge is 0.454 e. The highest BCUT2D eigenvalue weighted by Gasteiger charge is 2.43. The molecule has 0 unspecified atom stereocenters. The fraction of sp³-hybridized carbons (Fsp3) is 0.435. The van der Waals surface area contributed by atoms with Gasteiger partial charge < -0.3 is 15.2 Å². The number of nitrogens with zero attached hydrogens (tertiary/aromatic N) is 3. The minimum Gasteiger partial charge on any atom is -0.454 e. The number of nitrogens with one attached hydrogen (secondary N) is 1. The summed E-state index contributed by atoms with van der Waals surface area (Å²) in [6.07, 6.45) is 2.21. The van der Waals surface area contributed by atoms with Gasteiger partial charge >= 0.3 is 11.7 Å². The fourth-order valence-electron chi connectivity index (χ4n) is 3.99. The lowest BCUT2D eigenvalue weighted by molar-refractivity contribution is -0.155. The molecule has 2 aromatic rings. The summed E-state index contributed by atoms with van der Waals surface area (Å²) in [5.41, 5.74) is 3.88. The van der Waals surface area contributed by atoms with Crippen LogP contribution in [0.5, 0.6) is 0 Å². The van der Waals surface area contributed by atoms with E-state index in [0.717, 1.165) is 27.9 Å². The molecule has 3 rings (SSSR count). The Labute approximate surface area is 195 Å². The summed E-state index contributed by atoms with van der Waals surface area (Å²) in [7, 11) is 1.42. The first-order valence-electron chi connectivity index (χ1n) is 10.9. The number of nitrogen functional groups attached to an aromatic ring is 1. The van der Waals surface area contributed by atoms with Crippen molar-refractivity contribution in [2.75, 3.05) is 37.5 Å². The van der Waals surface area contributed by atoms with Crippen molar-refractivity contribution in [1.82, 2.24) is 9.55 Å². The number of nitrogens with two attached hydrogens (primary N) is 1. The van der Waals surface area contributed by atoms with Crippen LogP contribution in [0.1, 0.15) is 31.2 Å². The van der Waals surface area contributed by atoms with Crippen LogP contribution in [0.15, 0.2) is 39.9 Å². The van der Waals surface area contributed by atoms with E-state index < -0.39 is 35.1 Å². The molecule has 1 aliphatic rings. The van der Waals surface area contributed by atoms with Crippen molar-refractivity contribution in [3.05, 3.63) is 56.7 Å². The number of nitriles is 1. The molecule has 1 saturated carbocycles. The van der Waals surface area contributed by atoms with Gasteiger partial charge in [-0.2, -0.15) is 5.26 Å². The molecule has 11 nitrogen and oxygen atoms in total. The molecular weight excluding hydrogens is 442 g/mol. The second-order valence-electron chi connectivity index (χ2n) is 8.08. The highest BCUT2D eigenvalue weighted by molar-refractivity contribution is 5.97. The van der Waals surface area contributed by atoms with Crippen molar-refractivity contribution < 1.29 is 19.1 Å². The zero-order chi connectivity index (χ0) is 24.7. The van der Waals surface area contributed by atoms with Crippen LogP contribution < -0.4 is 21.9 Å². The standard InChI is InChI=1S/C23H27N5O6/c1-33-12-11-27(17(29)14-34-21(31)23(15-24)9-5-6-10-23)18-19(25)28(22(32)26-20(18)30)13-16-7-3-2-4-8-16/h2-4,7-8H,5-6,9-14,25H2,1H3,(H,26,30,32). The number of carbonyl (C=O) groups is 2. The molecular formula is C23H27N5O6.